The maximum atomic E-state index is 12.1. The van der Waals surface area contributed by atoms with Crippen molar-refractivity contribution >= 4 is 5.91 Å². The van der Waals surface area contributed by atoms with Crippen molar-refractivity contribution in [2.24, 2.45) is 0 Å². The Hall–Kier alpha value is -2.37. The van der Waals surface area contributed by atoms with Crippen LogP contribution in [0.15, 0.2) is 30.9 Å². The van der Waals surface area contributed by atoms with E-state index in [2.05, 4.69) is 20.5 Å². The second-order valence-corrected chi connectivity index (χ2v) is 3.80. The summed E-state index contributed by atoms with van der Waals surface area (Å²) in [6.07, 6.45) is 6.49. The van der Waals surface area contributed by atoms with Crippen LogP contribution in [0.3, 0.4) is 0 Å². The monoisotopic (exact) mass is 246 g/mol. The maximum Gasteiger partial charge on any atom is 0.255 e. The lowest BCUT2D eigenvalue weighted by Crippen LogP contribution is -2.26. The summed E-state index contributed by atoms with van der Waals surface area (Å²) in [4.78, 5) is 16.0. The highest BCUT2D eigenvalue weighted by molar-refractivity contribution is 5.96. The molecule has 0 radical (unpaired) electrons. The zero-order valence-corrected chi connectivity index (χ0v) is 10.2. The Labute approximate surface area is 104 Å². The molecule has 0 aliphatic heterocycles. The SMILES string of the molecule is COc1cnccc1C(=O)NC(C)c1cn[nH]c1. The van der Waals surface area contributed by atoms with Crippen LogP contribution in [0.2, 0.25) is 0 Å². The van der Waals surface area contributed by atoms with Crippen molar-refractivity contribution in [3.63, 3.8) is 0 Å². The van der Waals surface area contributed by atoms with E-state index in [1.165, 1.54) is 13.3 Å². The molecule has 0 aromatic carbocycles. The molecule has 94 valence electrons. The second kappa shape index (κ2) is 5.31. The van der Waals surface area contributed by atoms with E-state index in [1.54, 1.807) is 24.7 Å². The Kier molecular flexibility index (Phi) is 3.57. The molecule has 2 heterocycles. The number of hydrogen-bond donors (Lipinski definition) is 2. The van der Waals surface area contributed by atoms with Gasteiger partial charge in [-0.05, 0) is 13.0 Å². The van der Waals surface area contributed by atoms with E-state index in [0.717, 1.165) is 5.56 Å². The number of aromatic amines is 1. The molecule has 1 unspecified atom stereocenters. The van der Waals surface area contributed by atoms with Gasteiger partial charge in [0.05, 0.1) is 31.1 Å². The van der Waals surface area contributed by atoms with Crippen LogP contribution in [0, 0.1) is 0 Å². The topological polar surface area (TPSA) is 79.9 Å². The number of carbonyl (C=O) groups excluding carboxylic acids is 1. The molecule has 2 aromatic heterocycles. The van der Waals surface area contributed by atoms with Gasteiger partial charge in [-0.25, -0.2) is 0 Å². The molecule has 0 saturated heterocycles. The summed E-state index contributed by atoms with van der Waals surface area (Å²) in [5.41, 5.74) is 1.37. The highest BCUT2D eigenvalue weighted by Crippen LogP contribution is 2.17. The number of pyridine rings is 1. The average molecular weight is 246 g/mol. The molecule has 1 amide bonds. The summed E-state index contributed by atoms with van der Waals surface area (Å²) in [6, 6.07) is 1.49. The molecule has 6 nitrogen and oxygen atoms in total. The average Bonchev–Trinajstić information content (AvgIpc) is 2.92. The van der Waals surface area contributed by atoms with Crippen LogP contribution in [-0.4, -0.2) is 28.2 Å². The fourth-order valence-electron chi connectivity index (χ4n) is 1.59. The Morgan fingerprint density at radius 1 is 1.50 bits per heavy atom. The lowest BCUT2D eigenvalue weighted by Gasteiger charge is -2.13. The minimum absolute atomic E-state index is 0.130. The van der Waals surface area contributed by atoms with E-state index >= 15 is 0 Å². The molecule has 6 heteroatoms. The van der Waals surface area contributed by atoms with Crippen LogP contribution in [0.5, 0.6) is 5.75 Å². The first-order chi connectivity index (χ1) is 8.72. The predicted octanol–water partition coefficient (Wildman–Crippen LogP) is 1.30. The molecule has 2 rings (SSSR count). The lowest BCUT2D eigenvalue weighted by atomic mass is 10.1. The van der Waals surface area contributed by atoms with Crippen LogP contribution in [0.25, 0.3) is 0 Å². The van der Waals surface area contributed by atoms with Gasteiger partial charge in [-0.15, -0.1) is 0 Å². The van der Waals surface area contributed by atoms with Gasteiger partial charge in [-0.2, -0.15) is 5.10 Å². The third kappa shape index (κ3) is 2.48. The number of methoxy groups -OCH3 is 1. The van der Waals surface area contributed by atoms with E-state index in [4.69, 9.17) is 4.74 Å². The van der Waals surface area contributed by atoms with Crippen molar-refractivity contribution in [2.75, 3.05) is 7.11 Å². The van der Waals surface area contributed by atoms with E-state index in [0.29, 0.717) is 11.3 Å². The van der Waals surface area contributed by atoms with Gasteiger partial charge in [0.15, 0.2) is 0 Å². The molecule has 2 aromatic rings. The molecular formula is C12H14N4O2. The number of nitrogens with one attached hydrogen (secondary N) is 2. The fourth-order valence-corrected chi connectivity index (χ4v) is 1.59. The summed E-state index contributed by atoms with van der Waals surface area (Å²) >= 11 is 0. The summed E-state index contributed by atoms with van der Waals surface area (Å²) in [7, 11) is 1.51. The first-order valence-corrected chi connectivity index (χ1v) is 5.50. The summed E-state index contributed by atoms with van der Waals surface area (Å²) in [6.45, 7) is 1.89. The number of ether oxygens (including phenoxy) is 1. The van der Waals surface area contributed by atoms with Gasteiger partial charge in [-0.1, -0.05) is 0 Å². The minimum Gasteiger partial charge on any atom is -0.494 e. The third-order valence-corrected chi connectivity index (χ3v) is 2.62. The number of hydrogen-bond acceptors (Lipinski definition) is 4. The number of carbonyl (C=O) groups is 1. The number of rotatable bonds is 4. The number of H-pyrrole nitrogens is 1. The van der Waals surface area contributed by atoms with Gasteiger partial charge >= 0.3 is 0 Å². The van der Waals surface area contributed by atoms with Gasteiger partial charge in [0.2, 0.25) is 0 Å². The van der Waals surface area contributed by atoms with Gasteiger partial charge in [-0.3, -0.25) is 14.9 Å². The summed E-state index contributed by atoms with van der Waals surface area (Å²) in [5.74, 6) is 0.248. The Balaban J connectivity index is 2.12. The van der Waals surface area contributed by atoms with Crippen molar-refractivity contribution < 1.29 is 9.53 Å². The number of aromatic nitrogens is 3. The van der Waals surface area contributed by atoms with Crippen molar-refractivity contribution in [1.82, 2.24) is 20.5 Å². The molecule has 2 N–H and O–H groups in total. The van der Waals surface area contributed by atoms with Crippen molar-refractivity contribution in [1.29, 1.82) is 0 Å². The highest BCUT2D eigenvalue weighted by Gasteiger charge is 2.15. The molecule has 1 atom stereocenters. The first-order valence-electron chi connectivity index (χ1n) is 5.50. The van der Waals surface area contributed by atoms with Gasteiger partial charge in [0, 0.05) is 18.0 Å². The molecule has 0 aliphatic carbocycles. The van der Waals surface area contributed by atoms with Crippen molar-refractivity contribution in [3.05, 3.63) is 42.0 Å². The van der Waals surface area contributed by atoms with Gasteiger partial charge in [0.1, 0.15) is 5.75 Å². The molecule has 0 aliphatic rings. The van der Waals surface area contributed by atoms with E-state index < -0.39 is 0 Å². The molecule has 0 bridgehead atoms. The Bertz CT molecular complexity index is 525. The van der Waals surface area contributed by atoms with Crippen LogP contribution in [-0.2, 0) is 0 Å². The van der Waals surface area contributed by atoms with E-state index in [1.807, 2.05) is 6.92 Å². The third-order valence-electron chi connectivity index (χ3n) is 2.62. The highest BCUT2D eigenvalue weighted by atomic mass is 16.5. The van der Waals surface area contributed by atoms with Crippen LogP contribution >= 0.6 is 0 Å². The van der Waals surface area contributed by atoms with Crippen molar-refractivity contribution in [2.45, 2.75) is 13.0 Å². The molecular weight excluding hydrogens is 232 g/mol. The smallest absolute Gasteiger partial charge is 0.255 e. The van der Waals surface area contributed by atoms with Crippen LogP contribution < -0.4 is 10.1 Å². The maximum absolute atomic E-state index is 12.1. The number of nitrogens with zero attached hydrogens (tertiary/aromatic N) is 2. The molecule has 18 heavy (non-hydrogen) atoms. The summed E-state index contributed by atoms with van der Waals surface area (Å²) < 4.78 is 5.10. The normalized spacial score (nSPS) is 11.9. The van der Waals surface area contributed by atoms with Gasteiger partial charge in [0.25, 0.3) is 5.91 Å². The molecule has 0 saturated carbocycles. The van der Waals surface area contributed by atoms with Crippen LogP contribution in [0.4, 0.5) is 0 Å². The minimum atomic E-state index is -0.206. The quantitative estimate of drug-likeness (QED) is 0.852. The zero-order valence-electron chi connectivity index (χ0n) is 10.2. The first kappa shape index (κ1) is 12.1. The van der Waals surface area contributed by atoms with E-state index in [9.17, 15) is 4.79 Å². The predicted molar refractivity (Wildman–Crippen MR) is 65.3 cm³/mol. The second-order valence-electron chi connectivity index (χ2n) is 3.80. The molecule has 0 fully saturated rings. The zero-order chi connectivity index (χ0) is 13.0. The number of amides is 1. The largest absolute Gasteiger partial charge is 0.494 e. The summed E-state index contributed by atoms with van der Waals surface area (Å²) in [5, 5.41) is 9.42. The Morgan fingerprint density at radius 2 is 2.33 bits per heavy atom. The lowest BCUT2D eigenvalue weighted by molar-refractivity contribution is 0.0936. The van der Waals surface area contributed by atoms with Crippen molar-refractivity contribution in [3.8, 4) is 5.75 Å². The van der Waals surface area contributed by atoms with E-state index in [-0.39, 0.29) is 11.9 Å². The van der Waals surface area contributed by atoms with Crippen LogP contribution in [0.1, 0.15) is 28.9 Å². The Morgan fingerprint density at radius 3 is 3.00 bits per heavy atom. The fraction of sp³-hybridized carbons (Fsp3) is 0.250. The molecule has 0 spiro atoms. The van der Waals surface area contributed by atoms with Gasteiger partial charge < -0.3 is 10.1 Å². The standard InChI is InChI=1S/C12H14N4O2/c1-8(9-5-14-15-6-9)16-12(17)10-3-4-13-7-11(10)18-2/h3-8H,1-2H3,(H,14,15)(H,16,17).